The van der Waals surface area contributed by atoms with Crippen LogP contribution in [0.5, 0.6) is 0 Å². The van der Waals surface area contributed by atoms with E-state index in [1.165, 1.54) is 49.0 Å². The molecule has 5 nitrogen and oxygen atoms in total. The molecule has 0 spiro atoms. The summed E-state index contributed by atoms with van der Waals surface area (Å²) in [7, 11) is 0. The predicted octanol–water partition coefficient (Wildman–Crippen LogP) is 13.1. The lowest BCUT2D eigenvalue weighted by Gasteiger charge is -2.13. The molecule has 0 aliphatic heterocycles. The van der Waals surface area contributed by atoms with Crippen LogP contribution in [0.2, 0.25) is 0 Å². The van der Waals surface area contributed by atoms with Gasteiger partial charge in [0.05, 0.1) is 38.8 Å². The van der Waals surface area contributed by atoms with E-state index < -0.39 is 0 Å². The summed E-state index contributed by atoms with van der Waals surface area (Å²) >= 11 is 0. The molecule has 0 N–H and O–H groups in total. The summed E-state index contributed by atoms with van der Waals surface area (Å²) in [6.07, 6.45) is 2.18. The van der Waals surface area contributed by atoms with Crippen molar-refractivity contribution in [3.8, 4) is 39.7 Å². The summed E-state index contributed by atoms with van der Waals surface area (Å²) in [5, 5.41) is 7.05. The standard InChI is InChI=1S/C52H33N5/c1-4-15-34(16-5-1)50-41-23-10-12-25-44(41)53-52(54-50)36-17-14-22-39(31-36)57-48-32-35-29-30-55(37-18-6-2-7-19-37)47(35)33-43(48)40-27-28-46-49(51(40)57)42-24-11-13-26-45(42)56(46)38-20-8-3-9-21-38/h1-33H. The molecule has 4 aromatic heterocycles. The summed E-state index contributed by atoms with van der Waals surface area (Å²) in [6, 6.07) is 69.1. The van der Waals surface area contributed by atoms with E-state index in [1.807, 2.05) is 12.1 Å². The minimum atomic E-state index is 0.698. The van der Waals surface area contributed by atoms with Crippen LogP contribution in [-0.2, 0) is 0 Å². The van der Waals surface area contributed by atoms with Crippen LogP contribution in [0.1, 0.15) is 0 Å². The molecule has 5 heteroatoms. The Morgan fingerprint density at radius 2 is 1.05 bits per heavy atom. The van der Waals surface area contributed by atoms with Crippen molar-refractivity contribution in [2.75, 3.05) is 0 Å². The number of fused-ring (bicyclic) bond motifs is 9. The van der Waals surface area contributed by atoms with Gasteiger partial charge in [-0.2, -0.15) is 0 Å². The number of hydrogen-bond acceptors (Lipinski definition) is 2. The van der Waals surface area contributed by atoms with Crippen LogP contribution in [-0.4, -0.2) is 23.7 Å². The van der Waals surface area contributed by atoms with Gasteiger partial charge >= 0.3 is 0 Å². The predicted molar refractivity (Wildman–Crippen MR) is 236 cm³/mol. The van der Waals surface area contributed by atoms with Crippen molar-refractivity contribution in [2.45, 2.75) is 0 Å². The number of benzene rings is 8. The Morgan fingerprint density at radius 3 is 1.88 bits per heavy atom. The lowest BCUT2D eigenvalue weighted by Crippen LogP contribution is -1.98. The van der Waals surface area contributed by atoms with E-state index in [-0.39, 0.29) is 0 Å². The molecule has 8 aromatic carbocycles. The third-order valence-electron chi connectivity index (χ3n) is 11.4. The van der Waals surface area contributed by atoms with Gasteiger partial charge in [0.2, 0.25) is 0 Å². The van der Waals surface area contributed by atoms with E-state index >= 15 is 0 Å². The Morgan fingerprint density at radius 1 is 0.368 bits per heavy atom. The fourth-order valence-corrected chi connectivity index (χ4v) is 8.93. The summed E-state index contributed by atoms with van der Waals surface area (Å²) in [5.74, 6) is 0.698. The highest BCUT2D eigenvalue weighted by molar-refractivity contribution is 6.27. The van der Waals surface area contributed by atoms with Gasteiger partial charge in [0, 0.05) is 66.7 Å². The third-order valence-corrected chi connectivity index (χ3v) is 11.4. The number of hydrogen-bond donors (Lipinski definition) is 0. The second kappa shape index (κ2) is 12.4. The van der Waals surface area contributed by atoms with Crippen LogP contribution in [0.3, 0.4) is 0 Å². The zero-order valence-corrected chi connectivity index (χ0v) is 30.8. The Balaban J connectivity index is 1.18. The molecule has 0 amide bonds. The van der Waals surface area contributed by atoms with Crippen LogP contribution in [0.4, 0.5) is 0 Å². The Bertz CT molecular complexity index is 3500. The van der Waals surface area contributed by atoms with Gasteiger partial charge in [-0.15, -0.1) is 0 Å². The van der Waals surface area contributed by atoms with Crippen molar-refractivity contribution >= 4 is 65.4 Å². The fourth-order valence-electron chi connectivity index (χ4n) is 8.93. The van der Waals surface area contributed by atoms with Gasteiger partial charge in [-0.1, -0.05) is 121 Å². The van der Waals surface area contributed by atoms with Crippen molar-refractivity contribution in [1.29, 1.82) is 0 Å². The van der Waals surface area contributed by atoms with Gasteiger partial charge < -0.3 is 13.7 Å². The van der Waals surface area contributed by atoms with Gasteiger partial charge in [0.25, 0.3) is 0 Å². The highest BCUT2D eigenvalue weighted by atomic mass is 15.0. The zero-order chi connectivity index (χ0) is 37.5. The summed E-state index contributed by atoms with van der Waals surface area (Å²) in [6.45, 7) is 0. The number of rotatable bonds is 5. The average molecular weight is 728 g/mol. The molecule has 4 heterocycles. The quantitative estimate of drug-likeness (QED) is 0.177. The second-order valence-corrected chi connectivity index (χ2v) is 14.7. The molecule has 0 radical (unpaired) electrons. The van der Waals surface area contributed by atoms with Crippen LogP contribution in [0, 0.1) is 0 Å². The average Bonchev–Trinajstić information content (AvgIpc) is 3.96. The summed E-state index contributed by atoms with van der Waals surface area (Å²) in [5.41, 5.74) is 13.0. The van der Waals surface area contributed by atoms with E-state index in [4.69, 9.17) is 9.97 Å². The Hall–Kier alpha value is -7.76. The fraction of sp³-hybridized carbons (Fsp3) is 0. The molecule has 0 bridgehead atoms. The maximum Gasteiger partial charge on any atom is 0.160 e. The molecule has 0 saturated heterocycles. The smallest absolute Gasteiger partial charge is 0.160 e. The van der Waals surface area contributed by atoms with E-state index in [1.54, 1.807) is 0 Å². The first-order chi connectivity index (χ1) is 28.3. The topological polar surface area (TPSA) is 40.6 Å². The number of aromatic nitrogens is 5. The molecule has 0 atom stereocenters. The molecule has 12 aromatic rings. The zero-order valence-electron chi connectivity index (χ0n) is 30.8. The van der Waals surface area contributed by atoms with Crippen molar-refractivity contribution in [3.63, 3.8) is 0 Å². The minimum absolute atomic E-state index is 0.698. The first-order valence-electron chi connectivity index (χ1n) is 19.3. The normalized spacial score (nSPS) is 11.9. The van der Waals surface area contributed by atoms with E-state index in [2.05, 4.69) is 202 Å². The molecular formula is C52H33N5. The first kappa shape index (κ1) is 31.6. The third kappa shape index (κ3) is 4.82. The van der Waals surface area contributed by atoms with Crippen LogP contribution >= 0.6 is 0 Å². The summed E-state index contributed by atoms with van der Waals surface area (Å²) < 4.78 is 7.16. The maximum atomic E-state index is 5.26. The van der Waals surface area contributed by atoms with Crippen molar-refractivity contribution in [2.24, 2.45) is 0 Å². The largest absolute Gasteiger partial charge is 0.317 e. The van der Waals surface area contributed by atoms with Crippen molar-refractivity contribution < 1.29 is 0 Å². The maximum absolute atomic E-state index is 5.26. The first-order valence-corrected chi connectivity index (χ1v) is 19.3. The highest BCUT2D eigenvalue weighted by Crippen LogP contribution is 2.43. The molecular weight excluding hydrogens is 695 g/mol. The van der Waals surface area contributed by atoms with Gasteiger partial charge in [-0.05, 0) is 72.8 Å². The minimum Gasteiger partial charge on any atom is -0.317 e. The number of para-hydroxylation sites is 4. The monoisotopic (exact) mass is 727 g/mol. The van der Waals surface area contributed by atoms with Gasteiger partial charge in [0.15, 0.2) is 5.82 Å². The van der Waals surface area contributed by atoms with Crippen LogP contribution in [0.25, 0.3) is 105 Å². The SMILES string of the molecule is c1ccc(-c2nc(-c3cccc(-n4c5cc6ccn(-c7ccccc7)c6cc5c5ccc6c(c7ccccc7n6-c6ccccc6)c54)c3)nc3ccccc23)cc1. The lowest BCUT2D eigenvalue weighted by atomic mass is 10.1. The van der Waals surface area contributed by atoms with Gasteiger partial charge in [-0.25, -0.2) is 9.97 Å². The van der Waals surface area contributed by atoms with Crippen LogP contribution < -0.4 is 0 Å². The molecule has 0 saturated carbocycles. The van der Waals surface area contributed by atoms with E-state index in [0.29, 0.717) is 5.82 Å². The molecule has 0 aliphatic rings. The molecule has 12 rings (SSSR count). The van der Waals surface area contributed by atoms with Crippen LogP contribution in [0.15, 0.2) is 200 Å². The Kier molecular flexibility index (Phi) is 6.86. The molecule has 0 aliphatic carbocycles. The Labute approximate surface area is 328 Å². The highest BCUT2D eigenvalue weighted by Gasteiger charge is 2.22. The van der Waals surface area contributed by atoms with Gasteiger partial charge in [-0.3, -0.25) is 0 Å². The molecule has 57 heavy (non-hydrogen) atoms. The lowest BCUT2D eigenvalue weighted by molar-refractivity contribution is 1.13. The van der Waals surface area contributed by atoms with Crippen molar-refractivity contribution in [3.05, 3.63) is 200 Å². The van der Waals surface area contributed by atoms with E-state index in [9.17, 15) is 0 Å². The summed E-state index contributed by atoms with van der Waals surface area (Å²) in [4.78, 5) is 10.4. The number of nitrogens with zero attached hydrogens (tertiary/aromatic N) is 5. The van der Waals surface area contributed by atoms with E-state index in [0.717, 1.165) is 50.3 Å². The molecule has 0 unspecified atom stereocenters. The van der Waals surface area contributed by atoms with Gasteiger partial charge in [0.1, 0.15) is 0 Å². The van der Waals surface area contributed by atoms with Crippen molar-refractivity contribution in [1.82, 2.24) is 23.7 Å². The molecule has 0 fully saturated rings. The second-order valence-electron chi connectivity index (χ2n) is 14.7. The molecule has 266 valence electrons.